The molecule has 122 valence electrons. The molecule has 0 fully saturated rings. The van der Waals surface area contributed by atoms with Crippen molar-refractivity contribution in [2.75, 3.05) is 10.6 Å². The van der Waals surface area contributed by atoms with E-state index >= 15 is 0 Å². The van der Waals surface area contributed by atoms with Crippen LogP contribution in [-0.4, -0.2) is 21.4 Å². The molecule has 5 nitrogen and oxygen atoms in total. The fraction of sp³-hybridized carbons (Fsp3) is 0.389. The first-order valence-electron chi connectivity index (χ1n) is 7.65. The lowest BCUT2D eigenvalue weighted by Crippen LogP contribution is -2.27. The van der Waals surface area contributed by atoms with Crippen LogP contribution < -0.4 is 10.6 Å². The predicted octanol–water partition coefficient (Wildman–Crippen LogP) is 3.86. The molecule has 0 aliphatic heterocycles. The fourth-order valence-corrected chi connectivity index (χ4v) is 2.45. The first kappa shape index (κ1) is 16.9. The van der Waals surface area contributed by atoms with Gasteiger partial charge in [-0.05, 0) is 52.7 Å². The number of benzene rings is 1. The molecule has 1 aromatic heterocycles. The second-order valence-electron chi connectivity index (χ2n) is 6.89. The first-order chi connectivity index (χ1) is 10.7. The maximum atomic E-state index is 12.4. The highest BCUT2D eigenvalue weighted by molar-refractivity contribution is 6.03. The van der Waals surface area contributed by atoms with E-state index in [1.54, 1.807) is 6.20 Å². The number of hydrogen-bond acceptors (Lipinski definition) is 4. The largest absolute Gasteiger partial charge is 0.364 e. The Morgan fingerprint density at radius 1 is 1.00 bits per heavy atom. The monoisotopic (exact) mass is 312 g/mol. The number of carbonyl (C=O) groups excluding carboxylic acids is 1. The summed E-state index contributed by atoms with van der Waals surface area (Å²) in [7, 11) is 0. The highest BCUT2D eigenvalue weighted by atomic mass is 16.1. The lowest BCUT2D eigenvalue weighted by atomic mass is 10.1. The molecule has 5 heteroatoms. The van der Waals surface area contributed by atoms with Gasteiger partial charge in [-0.2, -0.15) is 0 Å². The summed E-state index contributed by atoms with van der Waals surface area (Å²) in [6.07, 6.45) is 3.07. The Bertz CT molecular complexity index is 692. The molecule has 2 aromatic rings. The zero-order chi connectivity index (χ0) is 17.2. The van der Waals surface area contributed by atoms with Crippen LogP contribution in [0, 0.1) is 20.8 Å². The van der Waals surface area contributed by atoms with Crippen LogP contribution in [0.15, 0.2) is 24.5 Å². The highest BCUT2D eigenvalue weighted by Crippen LogP contribution is 2.22. The second kappa shape index (κ2) is 6.36. The number of aryl methyl sites for hydroxylation is 3. The van der Waals surface area contributed by atoms with Gasteiger partial charge in [0, 0.05) is 11.2 Å². The Morgan fingerprint density at radius 3 is 2.09 bits per heavy atom. The molecule has 0 atom stereocenters. The number of hydrogen-bond donors (Lipinski definition) is 2. The van der Waals surface area contributed by atoms with Crippen LogP contribution >= 0.6 is 0 Å². The molecular weight excluding hydrogens is 288 g/mol. The van der Waals surface area contributed by atoms with Gasteiger partial charge in [-0.25, -0.2) is 9.97 Å². The van der Waals surface area contributed by atoms with E-state index in [1.807, 2.05) is 53.7 Å². The summed E-state index contributed by atoms with van der Waals surface area (Å²) in [4.78, 5) is 20.8. The molecule has 2 rings (SSSR count). The molecule has 23 heavy (non-hydrogen) atoms. The van der Waals surface area contributed by atoms with Crippen LogP contribution in [0.1, 0.15) is 48.0 Å². The SMILES string of the molecule is Cc1cc(C)c(NC(=O)c2cnc(NC(C)(C)C)cn2)c(C)c1. The van der Waals surface area contributed by atoms with Crippen molar-refractivity contribution in [2.45, 2.75) is 47.1 Å². The molecule has 0 aliphatic carbocycles. The maximum absolute atomic E-state index is 12.4. The lowest BCUT2D eigenvalue weighted by Gasteiger charge is -2.20. The third kappa shape index (κ3) is 4.52. The molecule has 0 saturated carbocycles. The van der Waals surface area contributed by atoms with Gasteiger partial charge in [0.05, 0.1) is 12.4 Å². The number of nitrogens with one attached hydrogen (secondary N) is 2. The molecule has 0 radical (unpaired) electrons. The Labute approximate surface area is 137 Å². The van der Waals surface area contributed by atoms with Crippen molar-refractivity contribution in [3.63, 3.8) is 0 Å². The van der Waals surface area contributed by atoms with Gasteiger partial charge in [0.15, 0.2) is 0 Å². The van der Waals surface area contributed by atoms with Crippen molar-refractivity contribution >= 4 is 17.4 Å². The van der Waals surface area contributed by atoms with Gasteiger partial charge < -0.3 is 10.6 Å². The third-order valence-corrected chi connectivity index (χ3v) is 3.30. The quantitative estimate of drug-likeness (QED) is 0.903. The van der Waals surface area contributed by atoms with E-state index in [9.17, 15) is 4.79 Å². The van der Waals surface area contributed by atoms with Crippen LogP contribution in [-0.2, 0) is 0 Å². The van der Waals surface area contributed by atoms with Crippen molar-refractivity contribution in [2.24, 2.45) is 0 Å². The van der Waals surface area contributed by atoms with E-state index in [0.717, 1.165) is 16.8 Å². The molecule has 2 N–H and O–H groups in total. The molecule has 0 spiro atoms. The van der Waals surface area contributed by atoms with E-state index in [4.69, 9.17) is 0 Å². The zero-order valence-corrected chi connectivity index (χ0v) is 14.6. The van der Waals surface area contributed by atoms with Gasteiger partial charge in [0.1, 0.15) is 11.5 Å². The summed E-state index contributed by atoms with van der Waals surface area (Å²) in [5.41, 5.74) is 4.28. The highest BCUT2D eigenvalue weighted by Gasteiger charge is 2.14. The minimum atomic E-state index is -0.255. The van der Waals surface area contributed by atoms with Crippen molar-refractivity contribution in [1.29, 1.82) is 0 Å². The number of anilines is 2. The molecule has 1 heterocycles. The van der Waals surface area contributed by atoms with Crippen molar-refractivity contribution in [3.05, 3.63) is 46.9 Å². The number of nitrogens with zero attached hydrogens (tertiary/aromatic N) is 2. The van der Waals surface area contributed by atoms with E-state index in [2.05, 4.69) is 20.6 Å². The molecular formula is C18H24N4O. The Morgan fingerprint density at radius 2 is 1.61 bits per heavy atom. The summed E-state index contributed by atoms with van der Waals surface area (Å²) in [6, 6.07) is 4.09. The van der Waals surface area contributed by atoms with E-state index in [1.165, 1.54) is 11.8 Å². The van der Waals surface area contributed by atoms with Gasteiger partial charge in [-0.1, -0.05) is 17.7 Å². The Balaban J connectivity index is 2.16. The normalized spacial score (nSPS) is 11.2. The number of carbonyl (C=O) groups is 1. The summed E-state index contributed by atoms with van der Waals surface area (Å²) in [5, 5.41) is 6.14. The number of aromatic nitrogens is 2. The molecule has 0 unspecified atom stereocenters. The van der Waals surface area contributed by atoms with Gasteiger partial charge in [0.2, 0.25) is 0 Å². The van der Waals surface area contributed by atoms with Crippen molar-refractivity contribution < 1.29 is 4.79 Å². The van der Waals surface area contributed by atoms with Gasteiger partial charge in [0.25, 0.3) is 5.91 Å². The average Bonchev–Trinajstić information content (AvgIpc) is 2.41. The molecule has 1 amide bonds. The Hall–Kier alpha value is -2.43. The minimum absolute atomic E-state index is 0.103. The van der Waals surface area contributed by atoms with Crippen LogP contribution in [0.2, 0.25) is 0 Å². The number of amides is 1. The minimum Gasteiger partial charge on any atom is -0.364 e. The summed E-state index contributed by atoms with van der Waals surface area (Å²) < 4.78 is 0. The summed E-state index contributed by atoms with van der Waals surface area (Å²) >= 11 is 0. The Kier molecular flexibility index (Phi) is 4.68. The smallest absolute Gasteiger partial charge is 0.275 e. The average molecular weight is 312 g/mol. The van der Waals surface area contributed by atoms with E-state index in [-0.39, 0.29) is 11.4 Å². The van der Waals surface area contributed by atoms with Crippen LogP contribution in [0.4, 0.5) is 11.5 Å². The summed E-state index contributed by atoms with van der Waals surface area (Å²) in [5.74, 6) is 0.395. The zero-order valence-electron chi connectivity index (χ0n) is 14.6. The molecule has 0 saturated heterocycles. The number of rotatable bonds is 3. The van der Waals surface area contributed by atoms with Crippen LogP contribution in [0.5, 0.6) is 0 Å². The molecule has 0 aliphatic rings. The molecule has 0 bridgehead atoms. The first-order valence-corrected chi connectivity index (χ1v) is 7.65. The second-order valence-corrected chi connectivity index (χ2v) is 6.89. The third-order valence-electron chi connectivity index (χ3n) is 3.30. The van der Waals surface area contributed by atoms with E-state index < -0.39 is 0 Å². The summed E-state index contributed by atoms with van der Waals surface area (Å²) in [6.45, 7) is 12.1. The van der Waals surface area contributed by atoms with Crippen LogP contribution in [0.3, 0.4) is 0 Å². The fourth-order valence-electron chi connectivity index (χ4n) is 2.45. The van der Waals surface area contributed by atoms with Crippen molar-refractivity contribution in [1.82, 2.24) is 9.97 Å². The topological polar surface area (TPSA) is 66.9 Å². The van der Waals surface area contributed by atoms with Gasteiger partial charge in [-0.15, -0.1) is 0 Å². The van der Waals surface area contributed by atoms with Crippen LogP contribution in [0.25, 0.3) is 0 Å². The maximum Gasteiger partial charge on any atom is 0.275 e. The lowest BCUT2D eigenvalue weighted by molar-refractivity contribution is 0.102. The van der Waals surface area contributed by atoms with Gasteiger partial charge in [-0.3, -0.25) is 4.79 Å². The molecule has 1 aromatic carbocycles. The van der Waals surface area contributed by atoms with Crippen molar-refractivity contribution in [3.8, 4) is 0 Å². The predicted molar refractivity (Wildman–Crippen MR) is 94.0 cm³/mol. The van der Waals surface area contributed by atoms with Gasteiger partial charge >= 0.3 is 0 Å². The van der Waals surface area contributed by atoms with E-state index in [0.29, 0.717) is 11.5 Å². The standard InChI is InChI=1S/C18H24N4O/c1-11-7-12(2)16(13(3)8-11)21-17(23)14-9-20-15(10-19-14)22-18(4,5)6/h7-10H,1-6H3,(H,20,22)(H,21,23).